The Hall–Kier alpha value is -0.220. The molecule has 0 saturated heterocycles. The maximum atomic E-state index is 10.8. The summed E-state index contributed by atoms with van der Waals surface area (Å²) in [6.07, 6.45) is 0. The lowest BCUT2D eigenvalue weighted by Gasteiger charge is -2.20. The van der Waals surface area contributed by atoms with Crippen molar-refractivity contribution in [3.05, 3.63) is 0 Å². The number of primary amides is 1. The third-order valence-electron chi connectivity index (χ3n) is 1.37. The minimum atomic E-state index is -0.283. The van der Waals surface area contributed by atoms with Gasteiger partial charge < -0.3 is 11.1 Å². The van der Waals surface area contributed by atoms with Crippen molar-refractivity contribution < 1.29 is 4.79 Å². The van der Waals surface area contributed by atoms with E-state index in [1.54, 1.807) is 18.8 Å². The van der Waals surface area contributed by atoms with E-state index >= 15 is 0 Å². The highest BCUT2D eigenvalue weighted by Crippen LogP contribution is 2.23. The van der Waals surface area contributed by atoms with Crippen LogP contribution in [0.15, 0.2) is 0 Å². The molecule has 0 aliphatic heterocycles. The Morgan fingerprint density at radius 3 is 2.33 bits per heavy atom. The van der Waals surface area contributed by atoms with Crippen molar-refractivity contribution in [3.63, 3.8) is 0 Å². The number of carbonyl (C=O) groups is 1. The van der Waals surface area contributed by atoms with Gasteiger partial charge in [0.05, 0.1) is 6.04 Å². The molecule has 0 aliphatic rings. The van der Waals surface area contributed by atoms with Crippen LogP contribution in [0.5, 0.6) is 0 Å². The lowest BCUT2D eigenvalue weighted by atomic mass is 10.3. The van der Waals surface area contributed by atoms with Gasteiger partial charge in [-0.3, -0.25) is 4.79 Å². The molecule has 0 bridgehead atoms. The Bertz CT molecular complexity index is 154. The molecule has 0 aliphatic carbocycles. The summed E-state index contributed by atoms with van der Waals surface area (Å²) in [5.41, 5.74) is 5.16. The summed E-state index contributed by atoms with van der Waals surface area (Å²) in [6.45, 7) is 6.35. The molecule has 0 rings (SSSR count). The minimum Gasteiger partial charge on any atom is -0.368 e. The van der Waals surface area contributed by atoms with Gasteiger partial charge in [-0.1, -0.05) is 20.8 Å². The van der Waals surface area contributed by atoms with Crippen LogP contribution < -0.4 is 11.1 Å². The Morgan fingerprint density at radius 1 is 1.58 bits per heavy atom. The van der Waals surface area contributed by atoms with E-state index in [2.05, 4.69) is 26.1 Å². The first-order valence-corrected chi connectivity index (χ1v) is 4.96. The average Bonchev–Trinajstić information content (AvgIpc) is 1.85. The molecule has 4 heteroatoms. The van der Waals surface area contributed by atoms with E-state index in [4.69, 9.17) is 5.73 Å². The fourth-order valence-corrected chi connectivity index (χ4v) is 1.64. The second-order valence-electron chi connectivity index (χ2n) is 3.67. The van der Waals surface area contributed by atoms with E-state index in [1.165, 1.54) is 0 Å². The number of likely N-dealkylation sites (N-methyl/N-ethyl adjacent to an activating group) is 1. The number of nitrogens with two attached hydrogens (primary N) is 1. The van der Waals surface area contributed by atoms with Crippen molar-refractivity contribution in [2.24, 2.45) is 5.73 Å². The summed E-state index contributed by atoms with van der Waals surface area (Å²) < 4.78 is 0.185. The Balaban J connectivity index is 3.81. The van der Waals surface area contributed by atoms with E-state index in [-0.39, 0.29) is 16.7 Å². The highest BCUT2D eigenvalue weighted by atomic mass is 32.2. The number of amides is 1. The summed E-state index contributed by atoms with van der Waals surface area (Å²) in [5.74, 6) is 0.448. The molecule has 72 valence electrons. The van der Waals surface area contributed by atoms with Gasteiger partial charge in [0.15, 0.2) is 0 Å². The quantitative estimate of drug-likeness (QED) is 0.682. The fourth-order valence-electron chi connectivity index (χ4n) is 0.641. The Morgan fingerprint density at radius 2 is 2.08 bits per heavy atom. The van der Waals surface area contributed by atoms with Crippen molar-refractivity contribution in [2.45, 2.75) is 31.6 Å². The van der Waals surface area contributed by atoms with Crippen LogP contribution in [0.3, 0.4) is 0 Å². The largest absolute Gasteiger partial charge is 0.368 e. The molecule has 12 heavy (non-hydrogen) atoms. The highest BCUT2D eigenvalue weighted by Gasteiger charge is 2.17. The van der Waals surface area contributed by atoms with Crippen LogP contribution in [-0.2, 0) is 4.79 Å². The van der Waals surface area contributed by atoms with E-state index < -0.39 is 0 Å². The maximum absolute atomic E-state index is 10.8. The second kappa shape index (κ2) is 4.72. The molecular formula is C8H18N2OS. The zero-order valence-corrected chi connectivity index (χ0v) is 8.99. The molecule has 0 fully saturated rings. The summed E-state index contributed by atoms with van der Waals surface area (Å²) in [7, 11) is 1.75. The van der Waals surface area contributed by atoms with Gasteiger partial charge in [0, 0.05) is 10.5 Å². The molecule has 1 unspecified atom stereocenters. The number of hydrogen-bond acceptors (Lipinski definition) is 3. The molecule has 0 spiro atoms. The predicted octanol–water partition coefficient (Wildman–Crippen LogP) is 0.591. The van der Waals surface area contributed by atoms with Crippen molar-refractivity contribution in [1.82, 2.24) is 5.32 Å². The molecule has 3 nitrogen and oxygen atoms in total. The van der Waals surface area contributed by atoms with Gasteiger partial charge in [-0.15, -0.1) is 0 Å². The van der Waals surface area contributed by atoms with Crippen LogP contribution in [0.25, 0.3) is 0 Å². The molecule has 0 radical (unpaired) electrons. The summed E-state index contributed by atoms with van der Waals surface area (Å²) in [6, 6.07) is -0.214. The van der Waals surface area contributed by atoms with Crippen LogP contribution in [0.2, 0.25) is 0 Å². The monoisotopic (exact) mass is 190 g/mol. The van der Waals surface area contributed by atoms with Gasteiger partial charge in [0.25, 0.3) is 0 Å². The number of rotatable bonds is 4. The lowest BCUT2D eigenvalue weighted by Crippen LogP contribution is -2.41. The first-order chi connectivity index (χ1) is 5.37. The van der Waals surface area contributed by atoms with Crippen molar-refractivity contribution in [2.75, 3.05) is 12.8 Å². The fraction of sp³-hybridized carbons (Fsp3) is 0.875. The standard InChI is InChI=1S/C8H18N2OS/c1-8(2,3)12-5-6(10-4)7(9)11/h6,10H,5H2,1-4H3,(H2,9,11). The zero-order valence-electron chi connectivity index (χ0n) is 8.18. The topological polar surface area (TPSA) is 55.1 Å². The van der Waals surface area contributed by atoms with Crippen molar-refractivity contribution in [3.8, 4) is 0 Å². The normalized spacial score (nSPS) is 14.3. The molecule has 1 amide bonds. The first-order valence-electron chi connectivity index (χ1n) is 3.97. The number of carbonyl (C=O) groups excluding carboxylic acids is 1. The Kier molecular flexibility index (Phi) is 4.63. The summed E-state index contributed by atoms with van der Waals surface area (Å²) in [4.78, 5) is 10.8. The van der Waals surface area contributed by atoms with Gasteiger partial charge in [-0.05, 0) is 7.05 Å². The number of hydrogen-bond donors (Lipinski definition) is 2. The minimum absolute atomic E-state index is 0.185. The zero-order chi connectivity index (χ0) is 9.78. The van der Waals surface area contributed by atoms with E-state index in [0.29, 0.717) is 0 Å². The smallest absolute Gasteiger partial charge is 0.235 e. The molecule has 0 aromatic rings. The van der Waals surface area contributed by atoms with Gasteiger partial charge in [-0.25, -0.2) is 0 Å². The van der Waals surface area contributed by atoms with Gasteiger partial charge >= 0.3 is 0 Å². The molecule has 0 saturated carbocycles. The highest BCUT2D eigenvalue weighted by molar-refractivity contribution is 8.00. The van der Waals surface area contributed by atoms with Crippen molar-refractivity contribution in [1.29, 1.82) is 0 Å². The first kappa shape index (κ1) is 11.8. The van der Waals surface area contributed by atoms with Crippen LogP contribution in [0.1, 0.15) is 20.8 Å². The third-order valence-corrected chi connectivity index (χ3v) is 2.74. The summed E-state index contributed by atoms with van der Waals surface area (Å²) in [5, 5.41) is 2.88. The Labute approximate surface area is 78.5 Å². The SMILES string of the molecule is CNC(CSC(C)(C)C)C(N)=O. The van der Waals surface area contributed by atoms with Crippen LogP contribution in [0, 0.1) is 0 Å². The van der Waals surface area contributed by atoms with Gasteiger partial charge in [0.2, 0.25) is 5.91 Å². The number of thioether (sulfide) groups is 1. The van der Waals surface area contributed by atoms with Crippen molar-refractivity contribution >= 4 is 17.7 Å². The molecular weight excluding hydrogens is 172 g/mol. The van der Waals surface area contributed by atoms with Gasteiger partial charge in [0.1, 0.15) is 0 Å². The van der Waals surface area contributed by atoms with Gasteiger partial charge in [-0.2, -0.15) is 11.8 Å². The second-order valence-corrected chi connectivity index (χ2v) is 5.51. The predicted molar refractivity (Wildman–Crippen MR) is 54.3 cm³/mol. The van der Waals surface area contributed by atoms with E-state index in [9.17, 15) is 4.79 Å². The molecule has 0 aromatic heterocycles. The van der Waals surface area contributed by atoms with Crippen LogP contribution >= 0.6 is 11.8 Å². The average molecular weight is 190 g/mol. The molecule has 0 heterocycles. The van der Waals surface area contributed by atoms with Crippen LogP contribution in [-0.4, -0.2) is 29.5 Å². The maximum Gasteiger partial charge on any atom is 0.235 e. The lowest BCUT2D eigenvalue weighted by molar-refractivity contribution is -0.119. The molecule has 0 aromatic carbocycles. The molecule has 1 atom stereocenters. The van der Waals surface area contributed by atoms with E-state index in [1.807, 2.05) is 0 Å². The number of nitrogens with one attached hydrogen (secondary N) is 1. The molecule has 3 N–H and O–H groups in total. The van der Waals surface area contributed by atoms with Crippen LogP contribution in [0.4, 0.5) is 0 Å². The summed E-state index contributed by atoms with van der Waals surface area (Å²) >= 11 is 1.73. The third kappa shape index (κ3) is 5.43. The van der Waals surface area contributed by atoms with E-state index in [0.717, 1.165) is 5.75 Å².